The van der Waals surface area contributed by atoms with Crippen molar-refractivity contribution in [3.63, 3.8) is 0 Å². The largest absolute Gasteiger partial charge is 0.307 e. The molecule has 0 amide bonds. The number of nitrogens with one attached hydrogen (secondary N) is 1. The molecule has 1 N–H and O–H groups in total. The van der Waals surface area contributed by atoms with Crippen molar-refractivity contribution in [3.8, 4) is 0 Å². The molecule has 88 valence electrons. The van der Waals surface area contributed by atoms with Crippen molar-refractivity contribution < 1.29 is 0 Å². The highest BCUT2D eigenvalue weighted by molar-refractivity contribution is 7.09. The van der Waals surface area contributed by atoms with E-state index in [0.29, 0.717) is 6.04 Å². The van der Waals surface area contributed by atoms with Crippen molar-refractivity contribution >= 4 is 11.3 Å². The summed E-state index contributed by atoms with van der Waals surface area (Å²) in [5, 5.41) is 6.87. The van der Waals surface area contributed by atoms with Gasteiger partial charge in [-0.1, -0.05) is 0 Å². The summed E-state index contributed by atoms with van der Waals surface area (Å²) in [6.45, 7) is 3.48. The number of hydrogen-bond donors (Lipinski definition) is 1. The summed E-state index contributed by atoms with van der Waals surface area (Å²) >= 11 is 1.78. The van der Waals surface area contributed by atoms with Gasteiger partial charge in [-0.05, 0) is 33.2 Å². The van der Waals surface area contributed by atoms with E-state index in [1.165, 1.54) is 24.3 Å². The summed E-state index contributed by atoms with van der Waals surface area (Å²) < 4.78 is 0. The quantitative estimate of drug-likeness (QED) is 0.869. The van der Waals surface area contributed by atoms with Gasteiger partial charge in [-0.25, -0.2) is 4.98 Å². The molecule has 2 unspecified atom stereocenters. The van der Waals surface area contributed by atoms with Crippen LogP contribution in [0.4, 0.5) is 0 Å². The fourth-order valence-corrected chi connectivity index (χ4v) is 3.80. The van der Waals surface area contributed by atoms with Crippen LogP contribution >= 0.6 is 11.3 Å². The van der Waals surface area contributed by atoms with E-state index < -0.39 is 0 Å². The summed E-state index contributed by atoms with van der Waals surface area (Å²) in [6, 6.07) is 1.54. The average molecular weight is 237 g/mol. The van der Waals surface area contributed by atoms with E-state index in [-0.39, 0.29) is 5.54 Å². The van der Waals surface area contributed by atoms with Crippen LogP contribution in [0.5, 0.6) is 0 Å². The molecule has 2 aliphatic rings. The second kappa shape index (κ2) is 3.79. The van der Waals surface area contributed by atoms with Crippen molar-refractivity contribution in [2.45, 2.75) is 43.8 Å². The minimum Gasteiger partial charge on any atom is -0.307 e. The van der Waals surface area contributed by atoms with Gasteiger partial charge in [0.1, 0.15) is 5.01 Å². The lowest BCUT2D eigenvalue weighted by Crippen LogP contribution is -2.42. The summed E-state index contributed by atoms with van der Waals surface area (Å²) in [4.78, 5) is 7.18. The van der Waals surface area contributed by atoms with Crippen molar-refractivity contribution in [1.29, 1.82) is 0 Å². The second-order valence-electron chi connectivity index (χ2n) is 5.13. The van der Waals surface area contributed by atoms with E-state index in [1.807, 2.05) is 6.20 Å². The molecule has 2 fully saturated rings. The summed E-state index contributed by atoms with van der Waals surface area (Å²) in [7, 11) is 2.07. The normalized spacial score (nSPS) is 35.8. The zero-order valence-corrected chi connectivity index (χ0v) is 10.8. The Balaban J connectivity index is 1.87. The molecule has 1 aliphatic heterocycles. The average Bonchev–Trinajstić information content (AvgIpc) is 2.86. The third-order valence-corrected chi connectivity index (χ3v) is 4.98. The standard InChI is InChI=1S/C12H19N3S/c1-9-7-12(13-2,11-14-5-6-16-11)8-15(9)10-3-4-10/h5-6,9-10,13H,3-4,7-8H2,1-2H3. The van der Waals surface area contributed by atoms with Gasteiger partial charge in [0.15, 0.2) is 0 Å². The monoisotopic (exact) mass is 237 g/mol. The van der Waals surface area contributed by atoms with Crippen LogP contribution in [-0.2, 0) is 5.54 Å². The number of thiazole rings is 1. The topological polar surface area (TPSA) is 28.2 Å². The smallest absolute Gasteiger partial charge is 0.114 e. The Morgan fingerprint density at radius 1 is 1.56 bits per heavy atom. The molecular weight excluding hydrogens is 218 g/mol. The third kappa shape index (κ3) is 1.60. The van der Waals surface area contributed by atoms with E-state index in [1.54, 1.807) is 11.3 Å². The molecule has 0 spiro atoms. The van der Waals surface area contributed by atoms with Crippen molar-refractivity contribution in [2.24, 2.45) is 0 Å². The van der Waals surface area contributed by atoms with Gasteiger partial charge in [0.05, 0.1) is 5.54 Å². The molecule has 0 radical (unpaired) electrons. The number of aromatic nitrogens is 1. The van der Waals surface area contributed by atoms with Gasteiger partial charge in [0, 0.05) is 30.2 Å². The maximum absolute atomic E-state index is 4.52. The maximum Gasteiger partial charge on any atom is 0.114 e. The molecule has 1 saturated heterocycles. The maximum atomic E-state index is 4.52. The lowest BCUT2D eigenvalue weighted by atomic mass is 9.97. The van der Waals surface area contributed by atoms with Gasteiger partial charge >= 0.3 is 0 Å². The highest BCUT2D eigenvalue weighted by atomic mass is 32.1. The molecule has 1 aromatic rings. The number of nitrogens with zero attached hydrogens (tertiary/aromatic N) is 2. The van der Waals surface area contributed by atoms with E-state index in [9.17, 15) is 0 Å². The third-order valence-electron chi connectivity index (χ3n) is 4.00. The molecule has 3 rings (SSSR count). The van der Waals surface area contributed by atoms with E-state index in [0.717, 1.165) is 12.6 Å². The molecule has 1 aliphatic carbocycles. The molecule has 4 heteroatoms. The summed E-state index contributed by atoms with van der Waals surface area (Å²) in [5.74, 6) is 0. The van der Waals surface area contributed by atoms with E-state index in [4.69, 9.17) is 0 Å². The number of rotatable bonds is 3. The first-order chi connectivity index (χ1) is 7.75. The SMILES string of the molecule is CNC1(c2nccs2)CC(C)N(C2CC2)C1. The molecule has 2 heterocycles. The van der Waals surface area contributed by atoms with Crippen LogP contribution in [0.3, 0.4) is 0 Å². The Morgan fingerprint density at radius 2 is 2.38 bits per heavy atom. The van der Waals surface area contributed by atoms with Gasteiger partial charge in [0.25, 0.3) is 0 Å². The van der Waals surface area contributed by atoms with Crippen LogP contribution < -0.4 is 5.32 Å². The number of likely N-dealkylation sites (N-methyl/N-ethyl adjacent to an activating group) is 1. The zero-order valence-electron chi connectivity index (χ0n) is 9.94. The predicted molar refractivity (Wildman–Crippen MR) is 66.7 cm³/mol. The highest BCUT2D eigenvalue weighted by Gasteiger charge is 2.48. The minimum atomic E-state index is 0.107. The Bertz CT molecular complexity index is 360. The van der Waals surface area contributed by atoms with E-state index in [2.05, 4.69) is 34.6 Å². The van der Waals surface area contributed by atoms with Gasteiger partial charge in [-0.2, -0.15) is 0 Å². The zero-order chi connectivity index (χ0) is 11.2. The van der Waals surface area contributed by atoms with Crippen LogP contribution in [-0.4, -0.2) is 35.6 Å². The van der Waals surface area contributed by atoms with Crippen LogP contribution in [0.15, 0.2) is 11.6 Å². The minimum absolute atomic E-state index is 0.107. The molecule has 0 aromatic carbocycles. The van der Waals surface area contributed by atoms with Gasteiger partial charge < -0.3 is 5.32 Å². The van der Waals surface area contributed by atoms with Gasteiger partial charge in [0.2, 0.25) is 0 Å². The van der Waals surface area contributed by atoms with Crippen molar-refractivity contribution in [1.82, 2.24) is 15.2 Å². The molecule has 0 bridgehead atoms. The lowest BCUT2D eigenvalue weighted by molar-refractivity contribution is 0.243. The molecule has 2 atom stereocenters. The van der Waals surface area contributed by atoms with Gasteiger partial charge in [-0.15, -0.1) is 11.3 Å². The fourth-order valence-electron chi connectivity index (χ4n) is 2.95. The molecule has 3 nitrogen and oxygen atoms in total. The Kier molecular flexibility index (Phi) is 2.53. The Labute approximate surface area is 101 Å². The number of likely N-dealkylation sites (tertiary alicyclic amines) is 1. The first-order valence-corrected chi connectivity index (χ1v) is 6.98. The van der Waals surface area contributed by atoms with Gasteiger partial charge in [-0.3, -0.25) is 4.90 Å². The van der Waals surface area contributed by atoms with Crippen LogP contribution in [0.1, 0.15) is 31.2 Å². The first-order valence-electron chi connectivity index (χ1n) is 6.10. The summed E-state index contributed by atoms with van der Waals surface area (Å²) in [6.07, 6.45) is 5.89. The van der Waals surface area contributed by atoms with Crippen LogP contribution in [0, 0.1) is 0 Å². The van der Waals surface area contributed by atoms with Crippen LogP contribution in [0.2, 0.25) is 0 Å². The first kappa shape index (κ1) is 10.7. The predicted octanol–water partition coefficient (Wildman–Crippen LogP) is 1.81. The van der Waals surface area contributed by atoms with Crippen LogP contribution in [0.25, 0.3) is 0 Å². The lowest BCUT2D eigenvalue weighted by Gasteiger charge is -2.26. The summed E-state index contributed by atoms with van der Waals surface area (Å²) in [5.41, 5.74) is 0.107. The second-order valence-corrected chi connectivity index (χ2v) is 6.02. The fraction of sp³-hybridized carbons (Fsp3) is 0.750. The molecule has 1 aromatic heterocycles. The Hall–Kier alpha value is -0.450. The molecular formula is C12H19N3S. The molecule has 16 heavy (non-hydrogen) atoms. The molecule has 1 saturated carbocycles. The van der Waals surface area contributed by atoms with Crippen molar-refractivity contribution in [3.05, 3.63) is 16.6 Å². The van der Waals surface area contributed by atoms with E-state index >= 15 is 0 Å². The highest BCUT2D eigenvalue weighted by Crippen LogP contribution is 2.42. The Morgan fingerprint density at radius 3 is 2.94 bits per heavy atom. The number of hydrogen-bond acceptors (Lipinski definition) is 4. The van der Waals surface area contributed by atoms with Crippen molar-refractivity contribution in [2.75, 3.05) is 13.6 Å².